The van der Waals surface area contributed by atoms with Gasteiger partial charge in [0.05, 0.1) is 6.10 Å². The summed E-state index contributed by atoms with van der Waals surface area (Å²) in [5.74, 6) is -0.750. The van der Waals surface area contributed by atoms with E-state index < -0.39 is 14.3 Å². The Morgan fingerprint density at radius 2 is 1.95 bits per heavy atom. The van der Waals surface area contributed by atoms with Crippen LogP contribution in [0, 0.1) is 5.92 Å². The largest absolute Gasteiger partial charge is 0.481 e. The van der Waals surface area contributed by atoms with E-state index in [1.165, 1.54) is 0 Å². The molecule has 0 radical (unpaired) electrons. The summed E-state index contributed by atoms with van der Waals surface area (Å²) in [5.41, 5.74) is 0. The fourth-order valence-electron chi connectivity index (χ4n) is 2.28. The van der Waals surface area contributed by atoms with Gasteiger partial charge in [0.25, 0.3) is 0 Å². The van der Waals surface area contributed by atoms with Gasteiger partial charge in [-0.3, -0.25) is 9.59 Å². The lowest BCUT2D eigenvalue weighted by Crippen LogP contribution is -2.46. The van der Waals surface area contributed by atoms with Crippen LogP contribution in [-0.2, 0) is 14.0 Å². The quantitative estimate of drug-likeness (QED) is 0.806. The van der Waals surface area contributed by atoms with Crippen molar-refractivity contribution in [2.45, 2.75) is 70.7 Å². The highest BCUT2D eigenvalue weighted by Gasteiger charge is 2.41. The van der Waals surface area contributed by atoms with E-state index in [1.807, 2.05) is 0 Å². The predicted octanol–water partition coefficient (Wildman–Crippen LogP) is 3.22. The van der Waals surface area contributed by atoms with Gasteiger partial charge in [-0.05, 0) is 30.5 Å². The van der Waals surface area contributed by atoms with Crippen molar-refractivity contribution in [2.75, 3.05) is 0 Å². The summed E-state index contributed by atoms with van der Waals surface area (Å²) in [6.45, 7) is 10.8. The molecule has 19 heavy (non-hydrogen) atoms. The van der Waals surface area contributed by atoms with Gasteiger partial charge in [-0.2, -0.15) is 0 Å². The van der Waals surface area contributed by atoms with Crippen LogP contribution in [0.4, 0.5) is 0 Å². The zero-order chi connectivity index (χ0) is 14.8. The molecule has 0 spiro atoms. The molecule has 0 aromatic rings. The number of carboxylic acids is 1. The maximum atomic E-state index is 11.7. The van der Waals surface area contributed by atoms with Gasteiger partial charge in [-0.1, -0.05) is 20.8 Å². The Balaban J connectivity index is 2.68. The summed E-state index contributed by atoms with van der Waals surface area (Å²) in [7, 11) is -1.89. The molecule has 1 rings (SSSR count). The lowest BCUT2D eigenvalue weighted by Gasteiger charge is -2.41. The van der Waals surface area contributed by atoms with Crippen molar-refractivity contribution in [3.8, 4) is 0 Å². The minimum atomic E-state index is -1.89. The van der Waals surface area contributed by atoms with Gasteiger partial charge >= 0.3 is 5.97 Å². The van der Waals surface area contributed by atoms with E-state index in [4.69, 9.17) is 9.53 Å². The number of carboxylic acid groups (broad SMARTS) is 1. The Morgan fingerprint density at radius 1 is 1.37 bits per heavy atom. The monoisotopic (exact) mass is 286 g/mol. The first-order valence-corrected chi connectivity index (χ1v) is 9.83. The number of Topliss-reactive ketones (excluding diaryl/α,β-unsaturated/α-hetero) is 1. The number of hydrogen-bond acceptors (Lipinski definition) is 3. The summed E-state index contributed by atoms with van der Waals surface area (Å²) in [6, 6.07) is 0. The maximum Gasteiger partial charge on any atom is 0.303 e. The van der Waals surface area contributed by atoms with Crippen LogP contribution in [-0.4, -0.2) is 31.3 Å². The molecule has 110 valence electrons. The SMILES string of the molecule is CC(C)(C)[Si](C)(C)O[C@@H]1CC(=O)C[C@@H](CC(=O)O)C1. The molecule has 1 aliphatic rings. The van der Waals surface area contributed by atoms with Crippen molar-refractivity contribution in [3.63, 3.8) is 0 Å². The van der Waals surface area contributed by atoms with Crippen LogP contribution in [0.15, 0.2) is 0 Å². The van der Waals surface area contributed by atoms with Crippen molar-refractivity contribution in [2.24, 2.45) is 5.92 Å². The predicted molar refractivity (Wildman–Crippen MR) is 76.7 cm³/mol. The molecule has 1 N–H and O–H groups in total. The highest BCUT2D eigenvalue weighted by molar-refractivity contribution is 6.74. The molecule has 0 aromatic heterocycles. The lowest BCUT2D eigenvalue weighted by atomic mass is 9.84. The lowest BCUT2D eigenvalue weighted by molar-refractivity contribution is -0.139. The van der Waals surface area contributed by atoms with Crippen LogP contribution in [0.25, 0.3) is 0 Å². The standard InChI is InChI=1S/C14H26O4Si/c1-14(2,3)19(4,5)18-12-7-10(8-13(16)17)6-11(15)9-12/h10,12H,6-9H2,1-5H3,(H,16,17)/t10-,12+/m1/s1. The molecular formula is C14H26O4Si. The Hall–Kier alpha value is -0.683. The minimum Gasteiger partial charge on any atom is -0.481 e. The molecule has 5 heteroatoms. The summed E-state index contributed by atoms with van der Waals surface area (Å²) in [4.78, 5) is 22.5. The van der Waals surface area contributed by atoms with Gasteiger partial charge < -0.3 is 9.53 Å². The van der Waals surface area contributed by atoms with E-state index in [0.717, 1.165) is 0 Å². The van der Waals surface area contributed by atoms with Gasteiger partial charge in [0, 0.05) is 19.3 Å². The van der Waals surface area contributed by atoms with Crippen molar-refractivity contribution in [1.82, 2.24) is 0 Å². The minimum absolute atomic E-state index is 0.0616. The average molecular weight is 286 g/mol. The molecule has 0 unspecified atom stereocenters. The summed E-state index contributed by atoms with van der Waals surface area (Å²) < 4.78 is 6.25. The molecule has 1 saturated carbocycles. The second-order valence-electron chi connectivity index (χ2n) is 7.15. The first-order valence-electron chi connectivity index (χ1n) is 6.92. The molecule has 1 aliphatic carbocycles. The van der Waals surface area contributed by atoms with Crippen LogP contribution >= 0.6 is 0 Å². The normalized spacial score (nSPS) is 25.4. The zero-order valence-electron chi connectivity index (χ0n) is 12.7. The summed E-state index contributed by atoms with van der Waals surface area (Å²) in [6.07, 6.45) is 1.52. The van der Waals surface area contributed by atoms with Gasteiger partial charge in [0.1, 0.15) is 5.78 Å². The number of carbonyl (C=O) groups excluding carboxylic acids is 1. The van der Waals surface area contributed by atoms with Crippen molar-refractivity contribution in [3.05, 3.63) is 0 Å². The molecule has 0 heterocycles. The first kappa shape index (κ1) is 16.4. The second-order valence-corrected chi connectivity index (χ2v) is 11.9. The fourth-order valence-corrected chi connectivity index (χ4v) is 3.65. The second kappa shape index (κ2) is 5.75. The van der Waals surface area contributed by atoms with E-state index in [-0.39, 0.29) is 29.3 Å². The van der Waals surface area contributed by atoms with Crippen LogP contribution in [0.2, 0.25) is 18.1 Å². The Bertz CT molecular complexity index is 355. The van der Waals surface area contributed by atoms with Crippen molar-refractivity contribution in [1.29, 1.82) is 0 Å². The Labute approximate surface area is 116 Å². The van der Waals surface area contributed by atoms with E-state index in [1.54, 1.807) is 0 Å². The molecule has 0 saturated heterocycles. The van der Waals surface area contributed by atoms with Crippen LogP contribution in [0.3, 0.4) is 0 Å². The van der Waals surface area contributed by atoms with Gasteiger partial charge in [0.15, 0.2) is 8.32 Å². The summed E-state index contributed by atoms with van der Waals surface area (Å²) >= 11 is 0. The Kier molecular flexibility index (Phi) is 4.95. The molecule has 0 aromatic carbocycles. The van der Waals surface area contributed by atoms with E-state index in [9.17, 15) is 9.59 Å². The molecule has 0 bridgehead atoms. The van der Waals surface area contributed by atoms with E-state index in [2.05, 4.69) is 33.9 Å². The average Bonchev–Trinajstić information content (AvgIpc) is 2.11. The van der Waals surface area contributed by atoms with Crippen LogP contribution in [0.5, 0.6) is 0 Å². The van der Waals surface area contributed by atoms with Crippen LogP contribution < -0.4 is 0 Å². The number of ketones is 1. The van der Waals surface area contributed by atoms with E-state index in [0.29, 0.717) is 19.3 Å². The molecule has 4 nitrogen and oxygen atoms in total. The fraction of sp³-hybridized carbons (Fsp3) is 0.857. The van der Waals surface area contributed by atoms with Crippen LogP contribution in [0.1, 0.15) is 46.5 Å². The number of rotatable bonds is 4. The zero-order valence-corrected chi connectivity index (χ0v) is 13.7. The summed E-state index contributed by atoms with van der Waals surface area (Å²) in [5, 5.41) is 8.96. The Morgan fingerprint density at radius 3 is 2.42 bits per heavy atom. The third kappa shape index (κ3) is 4.73. The smallest absolute Gasteiger partial charge is 0.303 e. The highest BCUT2D eigenvalue weighted by atomic mass is 28.4. The third-order valence-electron chi connectivity index (χ3n) is 4.30. The number of hydrogen-bond donors (Lipinski definition) is 1. The van der Waals surface area contributed by atoms with Gasteiger partial charge in [-0.15, -0.1) is 0 Å². The molecular weight excluding hydrogens is 260 g/mol. The van der Waals surface area contributed by atoms with Crippen molar-refractivity contribution >= 4 is 20.1 Å². The molecule has 2 atom stereocenters. The number of carbonyl (C=O) groups is 2. The third-order valence-corrected chi connectivity index (χ3v) is 8.83. The number of aliphatic carboxylic acids is 1. The van der Waals surface area contributed by atoms with Gasteiger partial charge in [0.2, 0.25) is 0 Å². The highest BCUT2D eigenvalue weighted by Crippen LogP contribution is 2.39. The maximum absolute atomic E-state index is 11.7. The van der Waals surface area contributed by atoms with Gasteiger partial charge in [-0.25, -0.2) is 0 Å². The van der Waals surface area contributed by atoms with Crippen molar-refractivity contribution < 1.29 is 19.1 Å². The molecule has 0 amide bonds. The van der Waals surface area contributed by atoms with E-state index >= 15 is 0 Å². The first-order chi connectivity index (χ1) is 8.51. The topological polar surface area (TPSA) is 63.6 Å². The molecule has 0 aliphatic heterocycles. The molecule has 1 fully saturated rings.